The molecule has 0 aromatic carbocycles. The first-order valence-electron chi connectivity index (χ1n) is 6.67. The number of hydrogen-bond donors (Lipinski definition) is 1. The Bertz CT molecular complexity index is 324. The van der Waals surface area contributed by atoms with Crippen LogP contribution in [0, 0.1) is 5.41 Å². The first-order chi connectivity index (χ1) is 8.56. The van der Waals surface area contributed by atoms with Crippen molar-refractivity contribution >= 4 is 5.97 Å². The zero-order chi connectivity index (χ0) is 13.6. The van der Waals surface area contributed by atoms with E-state index in [1.807, 2.05) is 0 Å². The molecule has 1 aliphatic carbocycles. The van der Waals surface area contributed by atoms with E-state index in [1.165, 1.54) is 0 Å². The van der Waals surface area contributed by atoms with Gasteiger partial charge in [0.15, 0.2) is 0 Å². The van der Waals surface area contributed by atoms with Crippen LogP contribution in [-0.2, 0) is 9.53 Å². The number of ether oxygens (including phenoxy) is 1. The molecule has 0 radical (unpaired) electrons. The van der Waals surface area contributed by atoms with E-state index in [2.05, 4.69) is 13.2 Å². The molecule has 3 heteroatoms. The second-order valence-corrected chi connectivity index (χ2v) is 5.03. The molecule has 0 bridgehead atoms. The van der Waals surface area contributed by atoms with Gasteiger partial charge in [0.05, 0.1) is 12.2 Å². The lowest BCUT2D eigenvalue weighted by atomic mass is 9.60. The Morgan fingerprint density at radius 1 is 1.28 bits per heavy atom. The number of esters is 1. The van der Waals surface area contributed by atoms with Gasteiger partial charge in [0.2, 0.25) is 0 Å². The van der Waals surface area contributed by atoms with Crippen LogP contribution in [0.3, 0.4) is 0 Å². The van der Waals surface area contributed by atoms with Crippen LogP contribution in [0.15, 0.2) is 25.3 Å². The molecule has 0 unspecified atom stereocenters. The van der Waals surface area contributed by atoms with Crippen LogP contribution in [-0.4, -0.2) is 23.3 Å². The van der Waals surface area contributed by atoms with Crippen LogP contribution in [0.1, 0.15) is 45.4 Å². The van der Waals surface area contributed by atoms with Gasteiger partial charge in [-0.25, -0.2) is 0 Å². The summed E-state index contributed by atoms with van der Waals surface area (Å²) < 4.78 is 5.20. The van der Waals surface area contributed by atoms with E-state index in [-0.39, 0.29) is 5.97 Å². The molecule has 1 rings (SSSR count). The molecule has 2 atom stereocenters. The second-order valence-electron chi connectivity index (χ2n) is 5.03. The first-order valence-corrected chi connectivity index (χ1v) is 6.67. The molecule has 1 aliphatic rings. The molecule has 0 heterocycles. The van der Waals surface area contributed by atoms with Gasteiger partial charge in [-0.05, 0) is 32.6 Å². The minimum atomic E-state index is -1.05. The van der Waals surface area contributed by atoms with Crippen molar-refractivity contribution in [3.8, 4) is 0 Å². The number of carbonyl (C=O) groups excluding carboxylic acids is 1. The van der Waals surface area contributed by atoms with Gasteiger partial charge in [-0.3, -0.25) is 4.79 Å². The van der Waals surface area contributed by atoms with Crippen LogP contribution in [0.2, 0.25) is 0 Å². The molecule has 1 N–H and O–H groups in total. The summed E-state index contributed by atoms with van der Waals surface area (Å²) in [6.07, 6.45) is 7.40. The summed E-state index contributed by atoms with van der Waals surface area (Å²) in [5.41, 5.74) is -1.90. The maximum Gasteiger partial charge on any atom is 0.315 e. The summed E-state index contributed by atoms with van der Waals surface area (Å²) in [5.74, 6) is -0.297. The summed E-state index contributed by atoms with van der Waals surface area (Å²) in [7, 11) is 0. The number of allylic oxidation sites excluding steroid dienone is 1. The largest absolute Gasteiger partial charge is 0.465 e. The van der Waals surface area contributed by atoms with Crippen LogP contribution >= 0.6 is 0 Å². The maximum absolute atomic E-state index is 12.3. The number of aliphatic hydroxyl groups is 1. The highest BCUT2D eigenvalue weighted by Gasteiger charge is 2.56. The van der Waals surface area contributed by atoms with Crippen molar-refractivity contribution in [3.05, 3.63) is 25.3 Å². The topological polar surface area (TPSA) is 46.5 Å². The molecule has 18 heavy (non-hydrogen) atoms. The molecular weight excluding hydrogens is 228 g/mol. The van der Waals surface area contributed by atoms with E-state index < -0.39 is 11.0 Å². The molecule has 0 aliphatic heterocycles. The molecule has 0 spiro atoms. The van der Waals surface area contributed by atoms with E-state index in [4.69, 9.17) is 4.74 Å². The lowest BCUT2D eigenvalue weighted by Gasteiger charge is -2.48. The van der Waals surface area contributed by atoms with E-state index in [0.29, 0.717) is 32.3 Å². The van der Waals surface area contributed by atoms with Crippen LogP contribution in [0.25, 0.3) is 0 Å². The monoisotopic (exact) mass is 252 g/mol. The van der Waals surface area contributed by atoms with Crippen molar-refractivity contribution in [1.82, 2.24) is 0 Å². The van der Waals surface area contributed by atoms with Gasteiger partial charge in [0.25, 0.3) is 0 Å². The normalized spacial score (nSPS) is 31.7. The van der Waals surface area contributed by atoms with E-state index >= 15 is 0 Å². The summed E-state index contributed by atoms with van der Waals surface area (Å²) in [6.45, 7) is 9.54. The lowest BCUT2D eigenvalue weighted by molar-refractivity contribution is -0.182. The summed E-state index contributed by atoms with van der Waals surface area (Å²) in [6, 6.07) is 0. The van der Waals surface area contributed by atoms with E-state index in [0.717, 1.165) is 12.8 Å². The minimum Gasteiger partial charge on any atom is -0.465 e. The molecular formula is C15H24O3. The third-order valence-corrected chi connectivity index (χ3v) is 3.98. The average Bonchev–Trinajstić information content (AvgIpc) is 2.33. The number of hydrogen-bond acceptors (Lipinski definition) is 3. The fourth-order valence-electron chi connectivity index (χ4n) is 3.04. The van der Waals surface area contributed by atoms with Crippen molar-refractivity contribution in [3.63, 3.8) is 0 Å². The molecule has 0 aromatic heterocycles. The van der Waals surface area contributed by atoms with Gasteiger partial charge >= 0.3 is 5.97 Å². The lowest BCUT2D eigenvalue weighted by Crippen LogP contribution is -2.55. The van der Waals surface area contributed by atoms with Gasteiger partial charge in [-0.15, -0.1) is 13.2 Å². The third-order valence-electron chi connectivity index (χ3n) is 3.98. The summed E-state index contributed by atoms with van der Waals surface area (Å²) >= 11 is 0. The summed E-state index contributed by atoms with van der Waals surface area (Å²) in [5, 5.41) is 10.9. The average molecular weight is 252 g/mol. The van der Waals surface area contributed by atoms with Crippen molar-refractivity contribution in [1.29, 1.82) is 0 Å². The van der Waals surface area contributed by atoms with E-state index in [9.17, 15) is 9.90 Å². The van der Waals surface area contributed by atoms with Gasteiger partial charge in [0.1, 0.15) is 5.41 Å². The third kappa shape index (κ3) is 2.51. The van der Waals surface area contributed by atoms with Crippen LogP contribution < -0.4 is 0 Å². The number of rotatable bonds is 6. The Kier molecular flexibility index (Phi) is 5.15. The Morgan fingerprint density at radius 3 is 2.44 bits per heavy atom. The molecule has 0 aromatic rings. The highest BCUT2D eigenvalue weighted by atomic mass is 16.5. The predicted octanol–water partition coefficient (Wildman–Crippen LogP) is 2.99. The van der Waals surface area contributed by atoms with Crippen molar-refractivity contribution < 1.29 is 14.6 Å². The maximum atomic E-state index is 12.3. The van der Waals surface area contributed by atoms with Crippen LogP contribution in [0.5, 0.6) is 0 Å². The van der Waals surface area contributed by atoms with E-state index in [1.54, 1.807) is 19.1 Å². The zero-order valence-corrected chi connectivity index (χ0v) is 11.3. The first kappa shape index (κ1) is 15.0. The Hall–Kier alpha value is -1.09. The Morgan fingerprint density at radius 2 is 1.89 bits per heavy atom. The smallest absolute Gasteiger partial charge is 0.315 e. The molecule has 3 nitrogen and oxygen atoms in total. The van der Waals surface area contributed by atoms with Gasteiger partial charge in [0, 0.05) is 0 Å². The van der Waals surface area contributed by atoms with Crippen LogP contribution in [0.4, 0.5) is 0 Å². The highest BCUT2D eigenvalue weighted by Crippen LogP contribution is 2.50. The molecule has 102 valence electrons. The highest BCUT2D eigenvalue weighted by molar-refractivity contribution is 5.79. The summed E-state index contributed by atoms with van der Waals surface area (Å²) in [4.78, 5) is 12.3. The Balaban J connectivity index is 3.13. The SMILES string of the molecule is C=CC[C@@]1(O)CCCC[C@@]1(CC=C)C(=O)OCC. The van der Waals surface area contributed by atoms with Gasteiger partial charge in [-0.2, -0.15) is 0 Å². The molecule has 0 amide bonds. The molecule has 1 fully saturated rings. The molecule has 1 saturated carbocycles. The fourth-order valence-corrected chi connectivity index (χ4v) is 3.04. The van der Waals surface area contributed by atoms with Crippen molar-refractivity contribution in [2.45, 2.75) is 51.0 Å². The quantitative estimate of drug-likeness (QED) is 0.584. The predicted molar refractivity (Wildman–Crippen MR) is 72.1 cm³/mol. The fraction of sp³-hybridized carbons (Fsp3) is 0.667. The standard InChI is InChI=1S/C15H24O3/c1-4-9-14(13(16)18-6-3)11-7-8-12-15(14,17)10-5-2/h4-5,17H,1-2,6-12H2,3H3/t14-,15+/m0/s1. The zero-order valence-electron chi connectivity index (χ0n) is 11.3. The van der Waals surface area contributed by atoms with Gasteiger partial charge < -0.3 is 9.84 Å². The second kappa shape index (κ2) is 6.19. The molecule has 0 saturated heterocycles. The van der Waals surface area contributed by atoms with Crippen molar-refractivity contribution in [2.75, 3.05) is 6.61 Å². The minimum absolute atomic E-state index is 0.297. The van der Waals surface area contributed by atoms with Gasteiger partial charge in [-0.1, -0.05) is 25.0 Å². The number of carbonyl (C=O) groups is 1. The van der Waals surface area contributed by atoms with Crippen molar-refractivity contribution in [2.24, 2.45) is 5.41 Å². The Labute approximate surface area is 110 Å².